The third-order valence-electron chi connectivity index (χ3n) is 3.32. The summed E-state index contributed by atoms with van der Waals surface area (Å²) in [6.07, 6.45) is 0. The minimum absolute atomic E-state index is 0.127. The highest BCUT2D eigenvalue weighted by atomic mass is 35.5. The number of nitrogens with one attached hydrogen (secondary N) is 1. The van der Waals surface area contributed by atoms with Gasteiger partial charge in [-0.15, -0.1) is 0 Å². The Labute approximate surface area is 96.2 Å². The molecule has 0 aliphatic carbocycles. The van der Waals surface area contributed by atoms with E-state index in [1.165, 1.54) is 11.4 Å². The van der Waals surface area contributed by atoms with Gasteiger partial charge in [-0.3, -0.25) is 0 Å². The maximum atomic E-state index is 6.15. The van der Waals surface area contributed by atoms with Crippen molar-refractivity contribution in [3.8, 4) is 0 Å². The third-order valence-corrected chi connectivity index (χ3v) is 3.73. The zero-order chi connectivity index (χ0) is 11.2. The number of benzene rings is 1. The first kappa shape index (κ1) is 10.6. The summed E-state index contributed by atoms with van der Waals surface area (Å²) in [4.78, 5) is 2.31. The van der Waals surface area contributed by atoms with E-state index in [-0.39, 0.29) is 5.54 Å². The molecule has 0 amide bonds. The Morgan fingerprint density at radius 1 is 1.40 bits per heavy atom. The minimum Gasteiger partial charge on any atom is -0.381 e. The standard InChI is InChI=1S/C12H17ClN2/c1-8-9(13)5-6-10-11(8)15(4)12(2,3)7-14-10/h5-6,14H,7H2,1-4H3. The quantitative estimate of drug-likeness (QED) is 0.728. The van der Waals surface area contributed by atoms with Crippen molar-refractivity contribution in [2.24, 2.45) is 0 Å². The Hall–Kier alpha value is -0.890. The molecule has 1 aromatic carbocycles. The fraction of sp³-hybridized carbons (Fsp3) is 0.500. The molecule has 1 heterocycles. The Kier molecular flexibility index (Phi) is 2.34. The van der Waals surface area contributed by atoms with Crippen molar-refractivity contribution >= 4 is 23.0 Å². The molecule has 82 valence electrons. The lowest BCUT2D eigenvalue weighted by Crippen LogP contribution is -2.50. The van der Waals surface area contributed by atoms with Crippen LogP contribution in [0.5, 0.6) is 0 Å². The van der Waals surface area contributed by atoms with Gasteiger partial charge in [-0.1, -0.05) is 11.6 Å². The molecule has 0 fully saturated rings. The molecule has 0 saturated heterocycles. The molecule has 2 rings (SSSR count). The van der Waals surface area contributed by atoms with Crippen LogP contribution >= 0.6 is 11.6 Å². The molecular weight excluding hydrogens is 208 g/mol. The van der Waals surface area contributed by atoms with E-state index < -0.39 is 0 Å². The number of hydrogen-bond donors (Lipinski definition) is 1. The van der Waals surface area contributed by atoms with E-state index >= 15 is 0 Å². The molecule has 15 heavy (non-hydrogen) atoms. The van der Waals surface area contributed by atoms with Crippen LogP contribution < -0.4 is 10.2 Å². The van der Waals surface area contributed by atoms with Gasteiger partial charge in [0.05, 0.1) is 16.9 Å². The summed E-state index contributed by atoms with van der Waals surface area (Å²) in [5.41, 5.74) is 3.68. The number of fused-ring (bicyclic) bond motifs is 1. The molecule has 1 aromatic rings. The molecule has 1 aliphatic rings. The summed E-state index contributed by atoms with van der Waals surface area (Å²) >= 11 is 6.15. The molecule has 0 unspecified atom stereocenters. The first-order valence-electron chi connectivity index (χ1n) is 5.20. The van der Waals surface area contributed by atoms with Crippen LogP contribution in [0.25, 0.3) is 0 Å². The van der Waals surface area contributed by atoms with Gasteiger partial charge in [0.25, 0.3) is 0 Å². The Morgan fingerprint density at radius 2 is 2.07 bits per heavy atom. The first-order chi connectivity index (χ1) is 6.93. The molecule has 1 N–H and O–H groups in total. The molecular formula is C12H17ClN2. The summed E-state index contributed by atoms with van der Waals surface area (Å²) < 4.78 is 0. The first-order valence-corrected chi connectivity index (χ1v) is 5.58. The second kappa shape index (κ2) is 3.31. The normalized spacial score (nSPS) is 18.3. The van der Waals surface area contributed by atoms with Gasteiger partial charge in [0.15, 0.2) is 0 Å². The zero-order valence-corrected chi connectivity index (χ0v) is 10.4. The molecule has 0 saturated carbocycles. The van der Waals surface area contributed by atoms with Crippen LogP contribution in [0.15, 0.2) is 12.1 Å². The van der Waals surface area contributed by atoms with Crippen molar-refractivity contribution in [2.75, 3.05) is 23.8 Å². The van der Waals surface area contributed by atoms with Gasteiger partial charge in [-0.25, -0.2) is 0 Å². The van der Waals surface area contributed by atoms with Gasteiger partial charge in [0.1, 0.15) is 0 Å². The fourth-order valence-electron chi connectivity index (χ4n) is 1.98. The summed E-state index contributed by atoms with van der Waals surface area (Å²) in [5.74, 6) is 0. The highest BCUT2D eigenvalue weighted by molar-refractivity contribution is 6.32. The Morgan fingerprint density at radius 3 is 2.73 bits per heavy atom. The van der Waals surface area contributed by atoms with Gasteiger partial charge in [-0.2, -0.15) is 0 Å². The molecule has 2 nitrogen and oxygen atoms in total. The van der Waals surface area contributed by atoms with Crippen molar-refractivity contribution in [1.82, 2.24) is 0 Å². The lowest BCUT2D eigenvalue weighted by atomic mass is 9.97. The summed E-state index contributed by atoms with van der Waals surface area (Å²) in [6.45, 7) is 7.48. The number of rotatable bonds is 0. The topological polar surface area (TPSA) is 15.3 Å². The van der Waals surface area contributed by atoms with Crippen LogP contribution in [0.4, 0.5) is 11.4 Å². The van der Waals surface area contributed by atoms with Crippen LogP contribution in [0.3, 0.4) is 0 Å². The van der Waals surface area contributed by atoms with Crippen LogP contribution in [0, 0.1) is 6.92 Å². The van der Waals surface area contributed by atoms with E-state index in [9.17, 15) is 0 Å². The molecule has 1 aliphatic heterocycles. The maximum absolute atomic E-state index is 6.15. The van der Waals surface area contributed by atoms with Crippen molar-refractivity contribution in [3.63, 3.8) is 0 Å². The Balaban J connectivity index is 2.59. The smallest absolute Gasteiger partial charge is 0.0649 e. The van der Waals surface area contributed by atoms with E-state index in [2.05, 4.69) is 44.1 Å². The number of likely N-dealkylation sites (N-methyl/N-ethyl adjacent to an activating group) is 1. The summed E-state index contributed by atoms with van der Waals surface area (Å²) in [5, 5.41) is 4.28. The van der Waals surface area contributed by atoms with Crippen molar-refractivity contribution in [1.29, 1.82) is 0 Å². The van der Waals surface area contributed by atoms with Crippen LogP contribution in [-0.4, -0.2) is 19.1 Å². The third kappa shape index (κ3) is 1.57. The van der Waals surface area contributed by atoms with E-state index in [0.717, 1.165) is 17.1 Å². The van der Waals surface area contributed by atoms with Gasteiger partial charge in [-0.05, 0) is 38.5 Å². The highest BCUT2D eigenvalue weighted by Crippen LogP contribution is 2.40. The zero-order valence-electron chi connectivity index (χ0n) is 9.69. The van der Waals surface area contributed by atoms with Crippen LogP contribution in [0.2, 0.25) is 5.02 Å². The monoisotopic (exact) mass is 224 g/mol. The van der Waals surface area contributed by atoms with Crippen LogP contribution in [0.1, 0.15) is 19.4 Å². The van der Waals surface area contributed by atoms with Gasteiger partial charge in [0.2, 0.25) is 0 Å². The van der Waals surface area contributed by atoms with Gasteiger partial charge < -0.3 is 10.2 Å². The molecule has 0 spiro atoms. The number of anilines is 2. The molecule has 0 bridgehead atoms. The number of hydrogen-bond acceptors (Lipinski definition) is 2. The molecule has 0 radical (unpaired) electrons. The minimum atomic E-state index is 0.127. The van der Waals surface area contributed by atoms with Crippen molar-refractivity contribution in [3.05, 3.63) is 22.7 Å². The highest BCUT2D eigenvalue weighted by Gasteiger charge is 2.31. The summed E-state index contributed by atoms with van der Waals surface area (Å²) in [7, 11) is 2.13. The lowest BCUT2D eigenvalue weighted by molar-refractivity contribution is 0.502. The van der Waals surface area contributed by atoms with E-state index in [4.69, 9.17) is 11.6 Å². The van der Waals surface area contributed by atoms with E-state index in [0.29, 0.717) is 0 Å². The number of halogens is 1. The lowest BCUT2D eigenvalue weighted by Gasteiger charge is -2.44. The van der Waals surface area contributed by atoms with E-state index in [1.54, 1.807) is 0 Å². The van der Waals surface area contributed by atoms with Gasteiger partial charge >= 0.3 is 0 Å². The molecule has 0 aromatic heterocycles. The second-order valence-corrected chi connectivity index (χ2v) is 5.20. The van der Waals surface area contributed by atoms with E-state index in [1.807, 2.05) is 6.07 Å². The van der Waals surface area contributed by atoms with Crippen LogP contribution in [-0.2, 0) is 0 Å². The maximum Gasteiger partial charge on any atom is 0.0649 e. The average Bonchev–Trinajstić information content (AvgIpc) is 2.17. The SMILES string of the molecule is Cc1c(Cl)ccc2c1N(C)C(C)(C)CN2. The predicted molar refractivity (Wildman–Crippen MR) is 67.2 cm³/mol. The second-order valence-electron chi connectivity index (χ2n) is 4.79. The molecule has 3 heteroatoms. The largest absolute Gasteiger partial charge is 0.381 e. The summed E-state index contributed by atoms with van der Waals surface area (Å²) in [6, 6.07) is 4.01. The van der Waals surface area contributed by atoms with Gasteiger partial charge in [0, 0.05) is 18.6 Å². The Bertz CT molecular complexity index is 399. The molecule has 0 atom stereocenters. The average molecular weight is 225 g/mol. The van der Waals surface area contributed by atoms with Crippen molar-refractivity contribution < 1.29 is 0 Å². The fourth-order valence-corrected chi connectivity index (χ4v) is 2.14. The number of nitrogens with zero attached hydrogens (tertiary/aromatic N) is 1. The predicted octanol–water partition coefficient (Wildman–Crippen LogP) is 3.29. The van der Waals surface area contributed by atoms with Crippen molar-refractivity contribution in [2.45, 2.75) is 26.3 Å².